The number of amides is 1. The lowest BCUT2D eigenvalue weighted by Crippen LogP contribution is -2.13. The normalized spacial score (nSPS) is 10.8. The smallest absolute Gasteiger partial charge is 0.335 e. The van der Waals surface area contributed by atoms with Crippen LogP contribution in [0.25, 0.3) is 6.08 Å². The van der Waals surface area contributed by atoms with Crippen LogP contribution >= 0.6 is 15.9 Å². The van der Waals surface area contributed by atoms with Gasteiger partial charge in [0.1, 0.15) is 29.7 Å². The molecular weight excluding hydrogens is 500 g/mol. The van der Waals surface area contributed by atoms with Crippen LogP contribution < -0.4 is 14.8 Å². The summed E-state index contributed by atoms with van der Waals surface area (Å²) >= 11 is 3.40. The van der Waals surface area contributed by atoms with Gasteiger partial charge in [0.15, 0.2) is 0 Å². The van der Waals surface area contributed by atoms with Crippen LogP contribution in [0.4, 0.5) is 5.69 Å². The number of aromatic carboxylic acids is 1. The number of nitriles is 1. The Bertz CT molecular complexity index is 1250. The van der Waals surface area contributed by atoms with Gasteiger partial charge in [0.25, 0.3) is 5.91 Å². The van der Waals surface area contributed by atoms with Crippen LogP contribution in [0.2, 0.25) is 0 Å². The molecule has 0 aliphatic rings. The summed E-state index contributed by atoms with van der Waals surface area (Å²) in [5.41, 5.74) is 1.94. The molecule has 0 aliphatic carbocycles. The van der Waals surface area contributed by atoms with Crippen LogP contribution in [0.3, 0.4) is 0 Å². The Balaban J connectivity index is 1.76. The number of nitrogens with one attached hydrogen (secondary N) is 1. The van der Waals surface area contributed by atoms with Crippen molar-refractivity contribution in [2.45, 2.75) is 13.5 Å². The van der Waals surface area contributed by atoms with E-state index in [1.54, 1.807) is 54.6 Å². The van der Waals surface area contributed by atoms with Crippen LogP contribution in [-0.4, -0.2) is 23.6 Å². The molecule has 3 aromatic carbocycles. The molecule has 0 atom stereocenters. The molecule has 0 unspecified atom stereocenters. The number of hydrogen-bond donors (Lipinski definition) is 2. The molecule has 0 bridgehead atoms. The first kappa shape index (κ1) is 24.6. The lowest BCUT2D eigenvalue weighted by Gasteiger charge is -2.11. The second-order valence-electron chi connectivity index (χ2n) is 7.05. The van der Waals surface area contributed by atoms with Crippen molar-refractivity contribution >= 4 is 39.6 Å². The monoisotopic (exact) mass is 520 g/mol. The zero-order valence-corrected chi connectivity index (χ0v) is 19.8. The summed E-state index contributed by atoms with van der Waals surface area (Å²) in [7, 11) is 0. The SMILES string of the molecule is CCOc1ccc(NC(=O)/C(C#N)=C/c2cc(Br)ccc2OCc2ccc(C(=O)O)cc2)cc1. The standard InChI is InChI=1S/C26H21BrN2O5/c1-2-33-23-10-8-22(9-11-23)29-25(30)20(15-28)13-19-14-21(27)7-12-24(19)34-16-17-3-5-18(6-4-17)26(31)32/h3-14H,2,16H2,1H3,(H,29,30)(H,31,32)/b20-13+. The molecule has 0 saturated heterocycles. The summed E-state index contributed by atoms with van der Waals surface area (Å²) in [6, 6.07) is 20.4. The van der Waals surface area contributed by atoms with Crippen LogP contribution in [0.5, 0.6) is 11.5 Å². The van der Waals surface area contributed by atoms with Gasteiger partial charge >= 0.3 is 5.97 Å². The third kappa shape index (κ3) is 6.70. The second-order valence-corrected chi connectivity index (χ2v) is 7.97. The molecule has 0 saturated carbocycles. The maximum absolute atomic E-state index is 12.7. The zero-order chi connectivity index (χ0) is 24.5. The Morgan fingerprint density at radius 3 is 2.38 bits per heavy atom. The molecule has 2 N–H and O–H groups in total. The Morgan fingerprint density at radius 1 is 1.06 bits per heavy atom. The molecule has 0 aliphatic heterocycles. The number of carbonyl (C=O) groups is 2. The van der Waals surface area contributed by atoms with Gasteiger partial charge in [0.2, 0.25) is 0 Å². The van der Waals surface area contributed by atoms with E-state index in [1.165, 1.54) is 18.2 Å². The predicted molar refractivity (Wildman–Crippen MR) is 132 cm³/mol. The highest BCUT2D eigenvalue weighted by atomic mass is 79.9. The maximum Gasteiger partial charge on any atom is 0.335 e. The highest BCUT2D eigenvalue weighted by molar-refractivity contribution is 9.10. The molecule has 34 heavy (non-hydrogen) atoms. The number of rotatable bonds is 9. The summed E-state index contributed by atoms with van der Waals surface area (Å²) in [6.45, 7) is 2.61. The first-order valence-corrected chi connectivity index (χ1v) is 11.1. The van der Waals surface area contributed by atoms with Gasteiger partial charge in [-0.25, -0.2) is 4.79 Å². The van der Waals surface area contributed by atoms with E-state index in [1.807, 2.05) is 13.0 Å². The lowest BCUT2D eigenvalue weighted by molar-refractivity contribution is -0.112. The largest absolute Gasteiger partial charge is 0.494 e. The Morgan fingerprint density at radius 2 is 1.76 bits per heavy atom. The maximum atomic E-state index is 12.7. The Labute approximate surface area is 205 Å². The van der Waals surface area contributed by atoms with E-state index in [9.17, 15) is 14.9 Å². The van der Waals surface area contributed by atoms with Gasteiger partial charge in [-0.05, 0) is 73.2 Å². The molecule has 8 heteroatoms. The van der Waals surface area contributed by atoms with Crippen molar-refractivity contribution in [1.82, 2.24) is 0 Å². The number of hydrogen-bond acceptors (Lipinski definition) is 5. The highest BCUT2D eigenvalue weighted by Gasteiger charge is 2.12. The molecule has 3 rings (SSSR count). The zero-order valence-electron chi connectivity index (χ0n) is 18.2. The van der Waals surface area contributed by atoms with Crippen molar-refractivity contribution < 1.29 is 24.2 Å². The van der Waals surface area contributed by atoms with Crippen molar-refractivity contribution in [1.29, 1.82) is 5.26 Å². The molecule has 0 spiro atoms. The van der Waals surface area contributed by atoms with E-state index in [0.717, 1.165) is 10.0 Å². The second kappa shape index (κ2) is 11.7. The number of anilines is 1. The molecule has 172 valence electrons. The molecule has 0 heterocycles. The van der Waals surface area contributed by atoms with Gasteiger partial charge in [0.05, 0.1) is 12.2 Å². The Kier molecular flexibility index (Phi) is 8.43. The fourth-order valence-corrected chi connectivity index (χ4v) is 3.35. The molecule has 3 aromatic rings. The third-order valence-electron chi connectivity index (χ3n) is 4.66. The number of carboxylic acids is 1. The van der Waals surface area contributed by atoms with Gasteiger partial charge in [0, 0.05) is 15.7 Å². The minimum atomic E-state index is -1.000. The highest BCUT2D eigenvalue weighted by Crippen LogP contribution is 2.27. The minimum absolute atomic E-state index is 0.0948. The summed E-state index contributed by atoms with van der Waals surface area (Å²) in [6.07, 6.45) is 1.46. The number of nitrogens with zero attached hydrogens (tertiary/aromatic N) is 1. The van der Waals surface area contributed by atoms with Gasteiger partial charge in [-0.1, -0.05) is 28.1 Å². The molecule has 0 radical (unpaired) electrons. The van der Waals surface area contributed by atoms with Crippen LogP contribution in [0.15, 0.2) is 76.8 Å². The fourth-order valence-electron chi connectivity index (χ4n) is 2.97. The molecule has 0 aromatic heterocycles. The molecular formula is C26H21BrN2O5. The average molecular weight is 521 g/mol. The van der Waals surface area contributed by atoms with Gasteiger partial charge in [-0.3, -0.25) is 4.79 Å². The molecule has 0 fully saturated rings. The van der Waals surface area contributed by atoms with E-state index >= 15 is 0 Å². The third-order valence-corrected chi connectivity index (χ3v) is 5.15. The number of ether oxygens (including phenoxy) is 2. The van der Waals surface area contributed by atoms with E-state index in [0.29, 0.717) is 29.4 Å². The van der Waals surface area contributed by atoms with E-state index in [4.69, 9.17) is 14.6 Å². The van der Waals surface area contributed by atoms with Gasteiger partial charge < -0.3 is 19.9 Å². The lowest BCUT2D eigenvalue weighted by atomic mass is 10.1. The van der Waals surface area contributed by atoms with Gasteiger partial charge in [-0.2, -0.15) is 5.26 Å². The number of halogens is 1. The minimum Gasteiger partial charge on any atom is -0.494 e. The van der Waals surface area contributed by atoms with Crippen molar-refractivity contribution in [2.24, 2.45) is 0 Å². The van der Waals surface area contributed by atoms with E-state index < -0.39 is 11.9 Å². The summed E-state index contributed by atoms with van der Waals surface area (Å²) in [5.74, 6) is -0.403. The quantitative estimate of drug-likeness (QED) is 0.278. The van der Waals surface area contributed by atoms with E-state index in [2.05, 4.69) is 21.2 Å². The van der Waals surface area contributed by atoms with Crippen molar-refractivity contribution in [3.8, 4) is 17.6 Å². The average Bonchev–Trinajstić information content (AvgIpc) is 2.83. The summed E-state index contributed by atoms with van der Waals surface area (Å²) in [5, 5.41) is 21.3. The van der Waals surface area contributed by atoms with Crippen LogP contribution in [0.1, 0.15) is 28.4 Å². The number of carbonyl (C=O) groups excluding carboxylic acids is 1. The summed E-state index contributed by atoms with van der Waals surface area (Å²) in [4.78, 5) is 23.7. The molecule has 1 amide bonds. The Hall–Kier alpha value is -4.09. The first-order chi connectivity index (χ1) is 16.4. The van der Waals surface area contributed by atoms with Crippen LogP contribution in [-0.2, 0) is 11.4 Å². The van der Waals surface area contributed by atoms with E-state index in [-0.39, 0.29) is 17.7 Å². The summed E-state index contributed by atoms with van der Waals surface area (Å²) < 4.78 is 12.0. The number of carboxylic acid groups (broad SMARTS) is 1. The first-order valence-electron chi connectivity index (χ1n) is 10.3. The topological polar surface area (TPSA) is 109 Å². The van der Waals surface area contributed by atoms with Crippen molar-refractivity contribution in [3.63, 3.8) is 0 Å². The van der Waals surface area contributed by atoms with Gasteiger partial charge in [-0.15, -0.1) is 0 Å². The predicted octanol–water partition coefficient (Wildman–Crippen LogP) is 5.67. The number of benzene rings is 3. The van der Waals surface area contributed by atoms with Crippen LogP contribution in [0, 0.1) is 11.3 Å². The van der Waals surface area contributed by atoms with Crippen molar-refractivity contribution in [2.75, 3.05) is 11.9 Å². The molecule has 7 nitrogen and oxygen atoms in total. The fraction of sp³-hybridized carbons (Fsp3) is 0.115. The van der Waals surface area contributed by atoms with Crippen molar-refractivity contribution in [3.05, 3.63) is 93.5 Å².